The first-order chi connectivity index (χ1) is 35.4. The van der Waals surface area contributed by atoms with Gasteiger partial charge in [0.25, 0.3) is 0 Å². The second-order valence-corrected chi connectivity index (χ2v) is 22.5. The highest BCUT2D eigenvalue weighted by Crippen LogP contribution is 2.49. The molecule has 0 aliphatic rings. The van der Waals surface area contributed by atoms with Crippen LogP contribution >= 0.6 is 11.3 Å². The molecule has 5 heterocycles. The van der Waals surface area contributed by atoms with E-state index in [1.165, 1.54) is 63.6 Å². The fraction of sp³-hybridized carbons (Fsp3) is 0.121. The maximum Gasteiger partial charge on any atom is 0.159 e. The number of fused-ring (bicyclic) bond motifs is 15. The molecule has 7 heteroatoms. The van der Waals surface area contributed by atoms with Gasteiger partial charge in [0.05, 0.1) is 11.4 Å². The van der Waals surface area contributed by atoms with E-state index < -0.39 is 0 Å². The van der Waals surface area contributed by atoms with Crippen LogP contribution in [0.2, 0.25) is 0 Å². The minimum Gasteiger partial charge on any atom is -0.454 e. The van der Waals surface area contributed by atoms with Gasteiger partial charge in [-0.1, -0.05) is 133 Å². The molecule has 14 rings (SSSR count). The van der Waals surface area contributed by atoms with E-state index in [0.29, 0.717) is 0 Å². The maximum atomic E-state index is 6.72. The van der Waals surface area contributed by atoms with Crippen LogP contribution < -0.4 is 9.80 Å². The second-order valence-electron chi connectivity index (χ2n) is 21.4. The lowest BCUT2D eigenvalue weighted by atomic mass is 9.87. The van der Waals surface area contributed by atoms with E-state index in [9.17, 15) is 0 Å². The molecule has 9 aromatic carbocycles. The summed E-state index contributed by atoms with van der Waals surface area (Å²) in [4.78, 5) is 14.7. The molecule has 73 heavy (non-hydrogen) atoms. The van der Waals surface area contributed by atoms with Crippen molar-refractivity contribution >= 4 is 142 Å². The van der Waals surface area contributed by atoms with Gasteiger partial charge in [-0.3, -0.25) is 9.80 Å². The SMILES string of the molecule is CC(C)(C)c1ccnc(N(c2ccc3sc4cc5c6ccc(N(c7cc(C(C)(C)C)ccn7)c7cccc8c7oc7ccccc78)cc6c6ccccc6c5cc4c3c2)c2cccc3c2oc2ccccc23)c1. The summed E-state index contributed by atoms with van der Waals surface area (Å²) < 4.78 is 15.9. The fourth-order valence-electron chi connectivity index (χ4n) is 11.1. The van der Waals surface area contributed by atoms with Crippen molar-refractivity contribution in [3.63, 3.8) is 0 Å². The van der Waals surface area contributed by atoms with E-state index in [4.69, 9.17) is 18.8 Å². The standard InChI is InChI=1S/C66H50N4O2S/c1-65(2,3)39-29-31-67-61(33-39)69(55-21-13-19-48-46-17-9-11-23-57(46)71-63(48)55)41-25-27-45-50(35-41)43-15-7-8-16-44(43)51-37-54-53-36-42(26-28-59(53)73-60(54)38-52(45)51)70(62-34-40(30-32-68-62)66(4,5)6)56-22-14-20-49-47-18-10-12-24-58(47)72-64(49)56/h7-38H,1-6H3. The van der Waals surface area contributed by atoms with Crippen molar-refractivity contribution < 1.29 is 8.83 Å². The summed E-state index contributed by atoms with van der Waals surface area (Å²) in [5.41, 5.74) is 9.55. The van der Waals surface area contributed by atoms with Crippen molar-refractivity contribution in [2.24, 2.45) is 0 Å². The Balaban J connectivity index is 0.971. The van der Waals surface area contributed by atoms with Crippen molar-refractivity contribution in [3.8, 4) is 0 Å². The van der Waals surface area contributed by atoms with E-state index in [1.807, 2.05) is 48.0 Å². The first-order valence-electron chi connectivity index (χ1n) is 25.0. The summed E-state index contributed by atoms with van der Waals surface area (Å²) in [5.74, 6) is 1.67. The van der Waals surface area contributed by atoms with Crippen LogP contribution in [0, 0.1) is 0 Å². The predicted octanol–water partition coefficient (Wildman–Crippen LogP) is 19.6. The predicted molar refractivity (Wildman–Crippen MR) is 309 cm³/mol. The van der Waals surface area contributed by atoms with E-state index in [0.717, 1.165) is 78.3 Å². The Bertz CT molecular complexity index is 4570. The minimum absolute atomic E-state index is 0.0729. The molecular weight excluding hydrogens is 913 g/mol. The molecule has 352 valence electrons. The molecule has 6 nitrogen and oxygen atoms in total. The number of thiophene rings is 1. The van der Waals surface area contributed by atoms with Crippen molar-refractivity contribution in [2.75, 3.05) is 9.80 Å². The zero-order chi connectivity index (χ0) is 49.3. The van der Waals surface area contributed by atoms with Crippen LogP contribution in [0.25, 0.3) is 96.4 Å². The van der Waals surface area contributed by atoms with Crippen molar-refractivity contribution in [2.45, 2.75) is 52.4 Å². The summed E-state index contributed by atoms with van der Waals surface area (Å²) in [6.45, 7) is 13.5. The number of benzene rings is 9. The lowest BCUT2D eigenvalue weighted by Crippen LogP contribution is -2.15. The molecule has 0 N–H and O–H groups in total. The number of anilines is 6. The monoisotopic (exact) mass is 962 g/mol. The Hall–Kier alpha value is -8.52. The molecule has 0 atom stereocenters. The summed E-state index contributed by atoms with van der Waals surface area (Å²) in [5, 5.41) is 14.0. The molecule has 5 aromatic heterocycles. The average molecular weight is 963 g/mol. The van der Waals surface area contributed by atoms with Crippen LogP contribution in [0.5, 0.6) is 0 Å². The highest BCUT2D eigenvalue weighted by Gasteiger charge is 2.26. The Morgan fingerprint density at radius 3 is 1.34 bits per heavy atom. The lowest BCUT2D eigenvalue weighted by Gasteiger charge is -2.27. The Morgan fingerprint density at radius 1 is 0.356 bits per heavy atom. The molecule has 0 fully saturated rings. The number of aromatic nitrogens is 2. The third-order valence-corrected chi connectivity index (χ3v) is 16.0. The second kappa shape index (κ2) is 16.0. The van der Waals surface area contributed by atoms with Crippen LogP contribution in [0.1, 0.15) is 52.7 Å². The van der Waals surface area contributed by atoms with E-state index in [-0.39, 0.29) is 10.8 Å². The largest absolute Gasteiger partial charge is 0.454 e. The zero-order valence-corrected chi connectivity index (χ0v) is 42.3. The van der Waals surface area contributed by atoms with Crippen LogP contribution in [0.15, 0.2) is 203 Å². The van der Waals surface area contributed by atoms with Gasteiger partial charge in [-0.2, -0.15) is 0 Å². The van der Waals surface area contributed by atoms with Crippen LogP contribution in [0.3, 0.4) is 0 Å². The van der Waals surface area contributed by atoms with Gasteiger partial charge in [-0.05, 0) is 145 Å². The van der Waals surface area contributed by atoms with Gasteiger partial charge in [0.1, 0.15) is 22.8 Å². The third kappa shape index (κ3) is 6.90. The minimum atomic E-state index is -0.0779. The zero-order valence-electron chi connectivity index (χ0n) is 41.5. The molecule has 0 radical (unpaired) electrons. The molecule has 0 saturated carbocycles. The lowest BCUT2D eigenvalue weighted by molar-refractivity contribution is 0.589. The first kappa shape index (κ1) is 43.3. The normalized spacial score (nSPS) is 12.5. The summed E-state index contributed by atoms with van der Waals surface area (Å²) in [6.07, 6.45) is 3.87. The van der Waals surface area contributed by atoms with Crippen LogP contribution in [0.4, 0.5) is 34.4 Å². The number of nitrogens with zero attached hydrogens (tertiary/aromatic N) is 4. The number of furan rings is 2. The number of pyridine rings is 2. The van der Waals surface area contributed by atoms with E-state index >= 15 is 0 Å². The van der Waals surface area contributed by atoms with Gasteiger partial charge in [0.2, 0.25) is 0 Å². The van der Waals surface area contributed by atoms with Gasteiger partial charge in [0.15, 0.2) is 11.2 Å². The smallest absolute Gasteiger partial charge is 0.159 e. The van der Waals surface area contributed by atoms with Crippen molar-refractivity contribution in [1.29, 1.82) is 0 Å². The first-order valence-corrected chi connectivity index (χ1v) is 25.8. The van der Waals surface area contributed by atoms with Gasteiger partial charge in [0, 0.05) is 65.5 Å². The summed E-state index contributed by atoms with van der Waals surface area (Å²) in [6, 6.07) is 65.7. The highest BCUT2D eigenvalue weighted by molar-refractivity contribution is 7.25. The number of hydrogen-bond donors (Lipinski definition) is 0. The molecule has 0 spiro atoms. The van der Waals surface area contributed by atoms with Gasteiger partial charge in [-0.25, -0.2) is 9.97 Å². The topological polar surface area (TPSA) is 58.5 Å². The molecule has 0 unspecified atom stereocenters. The molecular formula is C66H50N4O2S. The molecule has 14 aromatic rings. The van der Waals surface area contributed by atoms with Gasteiger partial charge >= 0.3 is 0 Å². The maximum absolute atomic E-state index is 6.72. The van der Waals surface area contributed by atoms with Gasteiger partial charge in [-0.15, -0.1) is 11.3 Å². The quantitative estimate of drug-likeness (QED) is 0.155. The molecule has 0 amide bonds. The van der Waals surface area contributed by atoms with Crippen LogP contribution in [-0.4, -0.2) is 9.97 Å². The van der Waals surface area contributed by atoms with Crippen LogP contribution in [-0.2, 0) is 10.8 Å². The van der Waals surface area contributed by atoms with Gasteiger partial charge < -0.3 is 8.83 Å². The number of hydrogen-bond acceptors (Lipinski definition) is 7. The molecule has 0 aliphatic carbocycles. The summed E-state index contributed by atoms with van der Waals surface area (Å²) in [7, 11) is 0. The Labute approximate surface area is 426 Å². The van der Waals surface area contributed by atoms with Crippen molar-refractivity contribution in [3.05, 3.63) is 206 Å². The van der Waals surface area contributed by atoms with Crippen molar-refractivity contribution in [1.82, 2.24) is 9.97 Å². The molecule has 0 saturated heterocycles. The number of rotatable bonds is 6. The van der Waals surface area contributed by atoms with E-state index in [1.54, 1.807) is 0 Å². The third-order valence-electron chi connectivity index (χ3n) is 14.8. The van der Waals surface area contributed by atoms with E-state index in [2.05, 4.69) is 209 Å². The molecule has 0 bridgehead atoms. The summed E-state index contributed by atoms with van der Waals surface area (Å²) >= 11 is 1.84. The fourth-order valence-corrected chi connectivity index (χ4v) is 12.2. The highest BCUT2D eigenvalue weighted by atomic mass is 32.1. The Morgan fingerprint density at radius 2 is 0.795 bits per heavy atom. The average Bonchev–Trinajstić information content (AvgIpc) is 4.10. The Kier molecular flexibility index (Phi) is 9.48. The number of para-hydroxylation sites is 4. The molecule has 0 aliphatic heterocycles.